The molecule has 0 atom stereocenters. The molecule has 2 aromatic carbocycles. The van der Waals surface area contributed by atoms with Crippen LogP contribution in [0.15, 0.2) is 36.4 Å². The van der Waals surface area contributed by atoms with Gasteiger partial charge in [-0.05, 0) is 62.3 Å². The first-order valence-electron chi connectivity index (χ1n) is 6.76. The third-order valence-electron chi connectivity index (χ3n) is 3.41. The van der Waals surface area contributed by atoms with E-state index in [1.165, 1.54) is 16.7 Å². The summed E-state index contributed by atoms with van der Waals surface area (Å²) in [5.74, 6) is 0. The lowest BCUT2D eigenvalue weighted by atomic mass is 10.1. The number of benzene rings is 2. The molecule has 0 saturated heterocycles. The van der Waals surface area contributed by atoms with Crippen LogP contribution >= 0.6 is 23.8 Å². The lowest BCUT2D eigenvalue weighted by Gasteiger charge is -2.23. The van der Waals surface area contributed by atoms with Gasteiger partial charge in [-0.25, -0.2) is 0 Å². The van der Waals surface area contributed by atoms with Crippen LogP contribution in [0.2, 0.25) is 5.02 Å². The number of aryl methyl sites for hydroxylation is 3. The van der Waals surface area contributed by atoms with Gasteiger partial charge in [0.15, 0.2) is 5.11 Å². The van der Waals surface area contributed by atoms with E-state index < -0.39 is 0 Å². The maximum absolute atomic E-state index is 6.03. The Morgan fingerprint density at radius 3 is 2.29 bits per heavy atom. The van der Waals surface area contributed by atoms with Crippen molar-refractivity contribution in [2.24, 2.45) is 0 Å². The van der Waals surface area contributed by atoms with Crippen molar-refractivity contribution in [2.75, 3.05) is 17.3 Å². The van der Waals surface area contributed by atoms with Crippen LogP contribution in [-0.2, 0) is 0 Å². The first kappa shape index (κ1) is 15.8. The summed E-state index contributed by atoms with van der Waals surface area (Å²) in [5, 5.41) is 4.68. The summed E-state index contributed by atoms with van der Waals surface area (Å²) >= 11 is 11.5. The fourth-order valence-electron chi connectivity index (χ4n) is 2.37. The summed E-state index contributed by atoms with van der Waals surface area (Å²) in [5.41, 5.74) is 5.66. The van der Waals surface area contributed by atoms with Gasteiger partial charge in [0.05, 0.1) is 0 Å². The Kier molecular flexibility index (Phi) is 4.86. The molecule has 0 saturated carbocycles. The van der Waals surface area contributed by atoms with Crippen LogP contribution < -0.4 is 10.2 Å². The molecule has 0 aliphatic rings. The Bertz CT molecular complexity index is 659. The smallest absolute Gasteiger partial charge is 0.177 e. The molecule has 2 rings (SSSR count). The normalized spacial score (nSPS) is 10.3. The highest BCUT2D eigenvalue weighted by Crippen LogP contribution is 2.24. The van der Waals surface area contributed by atoms with Crippen molar-refractivity contribution in [3.63, 3.8) is 0 Å². The lowest BCUT2D eigenvalue weighted by Crippen LogP contribution is -2.31. The van der Waals surface area contributed by atoms with Crippen molar-refractivity contribution in [3.05, 3.63) is 58.1 Å². The standard InChI is InChI=1S/C17H19ClN2S/c1-11-8-12(2)16(13(3)9-11)19-17(21)20(4)15-7-5-6-14(18)10-15/h5-10H,1-4H3,(H,19,21). The molecular weight excluding hydrogens is 300 g/mol. The molecule has 0 fully saturated rings. The van der Waals surface area contributed by atoms with Gasteiger partial charge in [-0.2, -0.15) is 0 Å². The molecule has 0 aromatic heterocycles. The number of rotatable bonds is 2. The monoisotopic (exact) mass is 318 g/mol. The van der Waals surface area contributed by atoms with Crippen molar-refractivity contribution >= 4 is 40.3 Å². The zero-order chi connectivity index (χ0) is 15.6. The first-order valence-corrected chi connectivity index (χ1v) is 7.55. The fourth-order valence-corrected chi connectivity index (χ4v) is 2.76. The zero-order valence-electron chi connectivity index (χ0n) is 12.7. The van der Waals surface area contributed by atoms with Crippen molar-refractivity contribution < 1.29 is 0 Å². The SMILES string of the molecule is Cc1cc(C)c(NC(=S)N(C)c2cccc(Cl)c2)c(C)c1. The molecule has 0 radical (unpaired) electrons. The molecule has 2 aromatic rings. The highest BCUT2D eigenvalue weighted by molar-refractivity contribution is 7.80. The number of nitrogens with zero attached hydrogens (tertiary/aromatic N) is 1. The van der Waals surface area contributed by atoms with Gasteiger partial charge in [0.1, 0.15) is 0 Å². The van der Waals surface area contributed by atoms with E-state index in [4.69, 9.17) is 23.8 Å². The van der Waals surface area contributed by atoms with E-state index in [-0.39, 0.29) is 0 Å². The fraction of sp³-hybridized carbons (Fsp3) is 0.235. The minimum atomic E-state index is 0.646. The van der Waals surface area contributed by atoms with Crippen molar-refractivity contribution in [1.82, 2.24) is 0 Å². The maximum atomic E-state index is 6.03. The van der Waals surface area contributed by atoms with Gasteiger partial charge in [-0.1, -0.05) is 35.4 Å². The zero-order valence-corrected chi connectivity index (χ0v) is 14.3. The van der Waals surface area contributed by atoms with Crippen LogP contribution in [0, 0.1) is 20.8 Å². The van der Waals surface area contributed by atoms with Gasteiger partial charge in [-0.3, -0.25) is 0 Å². The van der Waals surface area contributed by atoms with Crippen LogP contribution in [0.4, 0.5) is 11.4 Å². The van der Waals surface area contributed by atoms with Crippen LogP contribution in [0.3, 0.4) is 0 Å². The second-order valence-corrected chi connectivity index (χ2v) is 6.07. The molecule has 0 amide bonds. The summed E-state index contributed by atoms with van der Waals surface area (Å²) in [4.78, 5) is 1.92. The second kappa shape index (κ2) is 6.46. The Morgan fingerprint density at radius 1 is 1.10 bits per heavy atom. The van der Waals surface area contributed by atoms with Crippen LogP contribution in [0.25, 0.3) is 0 Å². The van der Waals surface area contributed by atoms with Crippen molar-refractivity contribution in [3.8, 4) is 0 Å². The number of hydrogen-bond donors (Lipinski definition) is 1. The predicted octanol–water partition coefficient (Wildman–Crippen LogP) is 5.10. The Morgan fingerprint density at radius 2 is 1.71 bits per heavy atom. The number of nitrogens with one attached hydrogen (secondary N) is 1. The van der Waals surface area contributed by atoms with Crippen molar-refractivity contribution in [1.29, 1.82) is 0 Å². The Balaban J connectivity index is 2.22. The number of hydrogen-bond acceptors (Lipinski definition) is 1. The third kappa shape index (κ3) is 3.74. The molecule has 110 valence electrons. The van der Waals surface area contributed by atoms with Crippen LogP contribution in [0.5, 0.6) is 0 Å². The molecule has 0 bridgehead atoms. The van der Waals surface area contributed by atoms with Gasteiger partial charge >= 0.3 is 0 Å². The molecule has 2 nitrogen and oxygen atoms in total. The molecule has 21 heavy (non-hydrogen) atoms. The summed E-state index contributed by atoms with van der Waals surface area (Å²) < 4.78 is 0. The predicted molar refractivity (Wildman–Crippen MR) is 96.7 cm³/mol. The quantitative estimate of drug-likeness (QED) is 0.776. The highest BCUT2D eigenvalue weighted by Gasteiger charge is 2.11. The Hall–Kier alpha value is -1.58. The molecular formula is C17H19ClN2S. The molecule has 0 aliphatic heterocycles. The summed E-state index contributed by atoms with van der Waals surface area (Å²) in [6.07, 6.45) is 0. The van der Waals surface area contributed by atoms with E-state index in [9.17, 15) is 0 Å². The summed E-state index contributed by atoms with van der Waals surface area (Å²) in [6.45, 7) is 6.27. The topological polar surface area (TPSA) is 15.3 Å². The van der Waals surface area contributed by atoms with E-state index in [1.54, 1.807) is 0 Å². The number of halogens is 1. The van der Waals surface area contributed by atoms with Gasteiger partial charge in [0.25, 0.3) is 0 Å². The number of anilines is 2. The first-order chi connectivity index (χ1) is 9.88. The van der Waals surface area contributed by atoms with Gasteiger partial charge in [0, 0.05) is 23.4 Å². The minimum absolute atomic E-state index is 0.646. The molecule has 0 unspecified atom stereocenters. The van der Waals surface area contributed by atoms with Crippen LogP contribution in [0.1, 0.15) is 16.7 Å². The molecule has 0 spiro atoms. The third-order valence-corrected chi connectivity index (χ3v) is 4.02. The second-order valence-electron chi connectivity index (χ2n) is 5.24. The lowest BCUT2D eigenvalue weighted by molar-refractivity contribution is 1.26. The van der Waals surface area contributed by atoms with E-state index in [0.717, 1.165) is 11.4 Å². The van der Waals surface area contributed by atoms with E-state index >= 15 is 0 Å². The van der Waals surface area contributed by atoms with E-state index in [2.05, 4.69) is 38.2 Å². The molecule has 4 heteroatoms. The average molecular weight is 319 g/mol. The van der Waals surface area contributed by atoms with Gasteiger partial charge < -0.3 is 10.2 Å². The van der Waals surface area contributed by atoms with Crippen LogP contribution in [-0.4, -0.2) is 12.2 Å². The van der Waals surface area contributed by atoms with Gasteiger partial charge in [0.2, 0.25) is 0 Å². The average Bonchev–Trinajstić information content (AvgIpc) is 2.41. The van der Waals surface area contributed by atoms with Gasteiger partial charge in [-0.15, -0.1) is 0 Å². The Labute approximate surface area is 136 Å². The minimum Gasteiger partial charge on any atom is -0.332 e. The molecule has 1 N–H and O–H groups in total. The molecule has 0 heterocycles. The highest BCUT2D eigenvalue weighted by atomic mass is 35.5. The summed E-state index contributed by atoms with van der Waals surface area (Å²) in [6, 6.07) is 11.9. The number of thiocarbonyl (C=S) groups is 1. The maximum Gasteiger partial charge on any atom is 0.177 e. The molecule has 0 aliphatic carbocycles. The summed E-state index contributed by atoms with van der Waals surface area (Å²) in [7, 11) is 1.93. The largest absolute Gasteiger partial charge is 0.332 e. The van der Waals surface area contributed by atoms with E-state index in [1.807, 2.05) is 36.2 Å². The van der Waals surface area contributed by atoms with E-state index in [0.29, 0.717) is 10.1 Å². The van der Waals surface area contributed by atoms with Crippen molar-refractivity contribution in [2.45, 2.75) is 20.8 Å².